The van der Waals surface area contributed by atoms with Gasteiger partial charge in [0.2, 0.25) is 15.8 Å². The van der Waals surface area contributed by atoms with Gasteiger partial charge in [0.05, 0.1) is 15.8 Å². The molecule has 0 radical (unpaired) electrons. The number of aliphatic carboxylic acids is 1. The molecule has 0 spiro atoms. The Labute approximate surface area is 267 Å². The van der Waals surface area contributed by atoms with Crippen LogP contribution in [0.5, 0.6) is 5.75 Å². The molecule has 2 aliphatic rings. The van der Waals surface area contributed by atoms with Gasteiger partial charge in [-0.15, -0.1) is 13.2 Å². The number of ether oxygens (including phenoxy) is 1. The number of carboxylic acid groups (broad SMARTS) is 1. The van der Waals surface area contributed by atoms with Gasteiger partial charge in [0.15, 0.2) is 10.8 Å². The van der Waals surface area contributed by atoms with Crippen molar-refractivity contribution in [2.45, 2.75) is 48.8 Å². The molecule has 1 aliphatic heterocycles. The van der Waals surface area contributed by atoms with E-state index in [1.54, 1.807) is 17.0 Å². The quantitative estimate of drug-likeness (QED) is 0.252. The first-order valence-corrected chi connectivity index (χ1v) is 16.2. The number of benzene rings is 2. The highest BCUT2D eigenvalue weighted by molar-refractivity contribution is 7.89. The van der Waals surface area contributed by atoms with Crippen molar-refractivity contribution in [3.8, 4) is 5.75 Å². The van der Waals surface area contributed by atoms with Crippen LogP contribution in [0.2, 0.25) is 0 Å². The molecule has 1 atom stereocenters. The molecule has 3 N–H and O–H groups in total. The first-order chi connectivity index (χ1) is 22.0. The van der Waals surface area contributed by atoms with Gasteiger partial charge in [-0.05, 0) is 54.2 Å². The standard InChI is InChI=1S/C20H18F3N5O4S2.C8H8F3NO/c21-20(22,23)18-24-9-15-16(25-18)26-19(33-15)27-7-8-28(14(10-27)17(29)30)34(31,32)13-5-3-12(4-6-13)11-1-2-11;9-8(10,11)13-7-3-1-6(5-12)2-4-7/h3-6,9,11,14H,1-2,7-8,10H2,(H,29,30);1-4H,5,12H2/t14-;/m1./s1. The third-order valence-corrected chi connectivity index (χ3v) is 10.2. The number of piperazine rings is 1. The van der Waals surface area contributed by atoms with Crippen molar-refractivity contribution in [2.24, 2.45) is 5.73 Å². The predicted molar refractivity (Wildman–Crippen MR) is 157 cm³/mol. The minimum absolute atomic E-state index is 0.0199. The van der Waals surface area contributed by atoms with E-state index >= 15 is 0 Å². The van der Waals surface area contributed by atoms with Gasteiger partial charge in [0.25, 0.3) is 0 Å². The van der Waals surface area contributed by atoms with Gasteiger partial charge in [-0.2, -0.15) is 22.5 Å². The van der Waals surface area contributed by atoms with E-state index in [1.807, 2.05) is 0 Å². The number of halogens is 6. The van der Waals surface area contributed by atoms with Gasteiger partial charge < -0.3 is 20.5 Å². The van der Waals surface area contributed by atoms with Crippen LogP contribution < -0.4 is 15.4 Å². The molecule has 0 amide bonds. The molecule has 2 fully saturated rings. The van der Waals surface area contributed by atoms with Gasteiger partial charge in [-0.25, -0.2) is 18.4 Å². The number of carboxylic acids is 1. The number of thiazole rings is 1. The van der Waals surface area contributed by atoms with E-state index in [4.69, 9.17) is 5.73 Å². The minimum atomic E-state index is -4.72. The predicted octanol–water partition coefficient (Wildman–Crippen LogP) is 4.99. The summed E-state index contributed by atoms with van der Waals surface area (Å²) in [4.78, 5) is 24.4. The Morgan fingerprint density at radius 2 is 1.66 bits per heavy atom. The molecule has 0 unspecified atom stereocenters. The molecule has 19 heteroatoms. The lowest BCUT2D eigenvalue weighted by molar-refractivity contribution is -0.274. The molecule has 47 heavy (non-hydrogen) atoms. The second kappa shape index (κ2) is 13.2. The number of alkyl halides is 6. The minimum Gasteiger partial charge on any atom is -0.480 e. The average Bonchev–Trinajstić information content (AvgIpc) is 3.78. The van der Waals surface area contributed by atoms with Crippen LogP contribution in [0.1, 0.15) is 35.7 Å². The molecule has 4 aromatic rings. The number of fused-ring (bicyclic) bond motifs is 1. The van der Waals surface area contributed by atoms with Crippen LogP contribution in [0.25, 0.3) is 10.3 Å². The number of sulfonamides is 1. The van der Waals surface area contributed by atoms with Crippen molar-refractivity contribution in [3.05, 3.63) is 71.7 Å². The van der Waals surface area contributed by atoms with Crippen LogP contribution in [-0.4, -0.2) is 70.8 Å². The van der Waals surface area contributed by atoms with Crippen LogP contribution in [0.4, 0.5) is 31.5 Å². The molecule has 3 heterocycles. The van der Waals surface area contributed by atoms with E-state index in [0.717, 1.165) is 45.8 Å². The smallest absolute Gasteiger partial charge is 0.480 e. The van der Waals surface area contributed by atoms with Crippen molar-refractivity contribution in [3.63, 3.8) is 0 Å². The van der Waals surface area contributed by atoms with Gasteiger partial charge in [0.1, 0.15) is 11.8 Å². The summed E-state index contributed by atoms with van der Waals surface area (Å²) in [5, 5.41) is 10.0. The van der Waals surface area contributed by atoms with Crippen molar-refractivity contribution in [1.82, 2.24) is 19.3 Å². The number of rotatable bonds is 7. The lowest BCUT2D eigenvalue weighted by Gasteiger charge is -2.38. The number of hydrogen-bond acceptors (Lipinski definition) is 10. The number of hydrogen-bond donors (Lipinski definition) is 2. The number of aromatic nitrogens is 3. The summed E-state index contributed by atoms with van der Waals surface area (Å²) in [5.41, 5.74) is 6.93. The summed E-state index contributed by atoms with van der Waals surface area (Å²) in [5.74, 6) is -2.42. The van der Waals surface area contributed by atoms with Crippen LogP contribution >= 0.6 is 11.3 Å². The Hall–Kier alpha value is -4.07. The Bertz CT molecular complexity index is 1830. The van der Waals surface area contributed by atoms with Gasteiger partial charge in [0, 0.05) is 26.2 Å². The summed E-state index contributed by atoms with van der Waals surface area (Å²) < 4.78 is 105. The SMILES string of the molecule is NCc1ccc(OC(F)(F)F)cc1.O=C(O)[C@H]1CN(c2nc3nc(C(F)(F)F)ncc3s2)CCN1S(=O)(=O)c1ccc(C2CC2)cc1. The summed E-state index contributed by atoms with van der Waals surface area (Å²) in [6, 6.07) is 10.6. The van der Waals surface area contributed by atoms with Gasteiger partial charge >= 0.3 is 18.5 Å². The zero-order valence-electron chi connectivity index (χ0n) is 24.1. The van der Waals surface area contributed by atoms with Crippen molar-refractivity contribution < 1.29 is 49.4 Å². The van der Waals surface area contributed by atoms with Gasteiger partial charge in [-0.3, -0.25) is 4.79 Å². The Morgan fingerprint density at radius 1 is 1.00 bits per heavy atom. The highest BCUT2D eigenvalue weighted by atomic mass is 32.2. The first kappa shape index (κ1) is 34.3. The number of nitrogens with two attached hydrogens (primary N) is 1. The molecule has 6 rings (SSSR count). The Kier molecular flexibility index (Phi) is 9.63. The maximum Gasteiger partial charge on any atom is 0.573 e. The molecule has 1 saturated heterocycles. The normalized spacial score (nSPS) is 17.7. The number of nitrogens with zero attached hydrogens (tertiary/aromatic N) is 5. The van der Waals surface area contributed by atoms with E-state index in [0.29, 0.717) is 17.2 Å². The van der Waals surface area contributed by atoms with Crippen molar-refractivity contribution in [2.75, 3.05) is 24.5 Å². The molecule has 2 aromatic heterocycles. The molecule has 1 saturated carbocycles. The lowest BCUT2D eigenvalue weighted by atomic mass is 10.1. The fourth-order valence-electron chi connectivity index (χ4n) is 4.72. The third-order valence-electron chi connectivity index (χ3n) is 7.21. The van der Waals surface area contributed by atoms with Crippen molar-refractivity contribution in [1.29, 1.82) is 0 Å². The second-order valence-electron chi connectivity index (χ2n) is 10.5. The lowest BCUT2D eigenvalue weighted by Crippen LogP contribution is -2.58. The highest BCUT2D eigenvalue weighted by Gasteiger charge is 2.41. The van der Waals surface area contributed by atoms with Crippen LogP contribution in [-0.2, 0) is 27.5 Å². The molecular formula is C28H26F6N6O5S2. The fraction of sp³-hybridized carbons (Fsp3) is 0.357. The first-order valence-electron chi connectivity index (χ1n) is 13.9. The molecule has 2 aromatic carbocycles. The summed E-state index contributed by atoms with van der Waals surface area (Å²) in [7, 11) is -4.07. The molecule has 1 aliphatic carbocycles. The van der Waals surface area contributed by atoms with Gasteiger partial charge in [-0.1, -0.05) is 35.6 Å². The van der Waals surface area contributed by atoms with E-state index in [9.17, 15) is 44.7 Å². The van der Waals surface area contributed by atoms with E-state index < -0.39 is 40.4 Å². The molecule has 11 nitrogen and oxygen atoms in total. The van der Waals surface area contributed by atoms with E-state index in [1.165, 1.54) is 36.4 Å². The molecule has 0 bridgehead atoms. The maximum absolute atomic E-state index is 13.2. The fourth-order valence-corrected chi connectivity index (χ4v) is 7.19. The van der Waals surface area contributed by atoms with Crippen LogP contribution in [0.15, 0.2) is 59.6 Å². The largest absolute Gasteiger partial charge is 0.573 e. The Morgan fingerprint density at radius 3 is 2.21 bits per heavy atom. The van der Waals surface area contributed by atoms with Crippen LogP contribution in [0.3, 0.4) is 0 Å². The highest BCUT2D eigenvalue weighted by Crippen LogP contribution is 2.40. The molecular weight excluding hydrogens is 678 g/mol. The number of carbonyl (C=O) groups is 1. The summed E-state index contributed by atoms with van der Waals surface area (Å²) >= 11 is 1.01. The summed E-state index contributed by atoms with van der Waals surface area (Å²) in [6.45, 7) is 0.0715. The zero-order valence-corrected chi connectivity index (χ0v) is 25.7. The topological polar surface area (TPSA) is 152 Å². The van der Waals surface area contributed by atoms with E-state index in [-0.39, 0.29) is 41.1 Å². The Balaban J connectivity index is 0.000000281. The van der Waals surface area contributed by atoms with E-state index in [2.05, 4.69) is 19.7 Å². The third kappa shape index (κ3) is 8.27. The zero-order chi connectivity index (χ0) is 34.1. The molecule has 252 valence electrons. The second-order valence-corrected chi connectivity index (χ2v) is 13.4. The van der Waals surface area contributed by atoms with Crippen LogP contribution in [0, 0.1) is 0 Å². The average molecular weight is 705 g/mol. The van der Waals surface area contributed by atoms with Crippen molar-refractivity contribution >= 4 is 42.8 Å². The monoisotopic (exact) mass is 704 g/mol. The maximum atomic E-state index is 13.2. The number of anilines is 1. The summed E-state index contributed by atoms with van der Waals surface area (Å²) in [6.07, 6.45) is -6.19.